The van der Waals surface area contributed by atoms with Crippen molar-refractivity contribution in [2.45, 2.75) is 0 Å². The Bertz CT molecular complexity index is 3190. The Morgan fingerprint density at radius 2 is 0.857 bits per heavy atom. The van der Waals surface area contributed by atoms with Crippen LogP contribution in [0.3, 0.4) is 0 Å². The lowest BCUT2D eigenvalue weighted by atomic mass is 9.98. The molecular weight excluding hydrogens is 703 g/mol. The Morgan fingerprint density at radius 1 is 0.339 bits per heavy atom. The molecule has 0 fully saturated rings. The molecular formula is C50H31N5S. The van der Waals surface area contributed by atoms with Gasteiger partial charge in [0.2, 0.25) is 0 Å². The number of benzene rings is 7. The number of pyridine rings is 1. The molecule has 0 atom stereocenters. The Hall–Kier alpha value is -7.28. The zero-order valence-electron chi connectivity index (χ0n) is 30.0. The van der Waals surface area contributed by atoms with E-state index in [-0.39, 0.29) is 0 Å². The van der Waals surface area contributed by atoms with Crippen LogP contribution in [0.5, 0.6) is 0 Å². The molecule has 11 aromatic rings. The smallest absolute Gasteiger partial charge is 0.164 e. The SMILES string of the molecule is c1ccc(-c2nc(-c3cc(-c4ccc(-c5ccncc5)cc4)cc(-n4c5ccccc5c5ccccc54)c3)nc(-c3ccc4sc5ccccc5c4c3)n2)cc1. The van der Waals surface area contributed by atoms with Crippen molar-refractivity contribution in [2.24, 2.45) is 0 Å². The van der Waals surface area contributed by atoms with Gasteiger partial charge in [0.25, 0.3) is 0 Å². The van der Waals surface area contributed by atoms with Crippen LogP contribution in [0, 0.1) is 0 Å². The van der Waals surface area contributed by atoms with E-state index in [1.54, 1.807) is 0 Å². The second kappa shape index (κ2) is 13.2. The number of aromatic nitrogens is 5. The van der Waals surface area contributed by atoms with E-state index < -0.39 is 0 Å². The zero-order chi connectivity index (χ0) is 37.0. The fourth-order valence-corrected chi connectivity index (χ4v) is 8.94. The Morgan fingerprint density at radius 3 is 1.57 bits per heavy atom. The molecule has 0 bridgehead atoms. The first kappa shape index (κ1) is 32.2. The quantitative estimate of drug-likeness (QED) is 0.171. The second-order valence-corrected chi connectivity index (χ2v) is 15.0. The van der Waals surface area contributed by atoms with Gasteiger partial charge in [-0.15, -0.1) is 11.3 Å². The Kier molecular flexibility index (Phi) is 7.60. The normalized spacial score (nSPS) is 11.6. The highest BCUT2D eigenvalue weighted by Gasteiger charge is 2.18. The van der Waals surface area contributed by atoms with Crippen LogP contribution < -0.4 is 0 Å². The molecule has 0 amide bonds. The van der Waals surface area contributed by atoms with E-state index in [1.807, 2.05) is 54.1 Å². The van der Waals surface area contributed by atoms with E-state index in [1.165, 1.54) is 30.9 Å². The predicted molar refractivity (Wildman–Crippen MR) is 232 cm³/mol. The molecule has 11 rings (SSSR count). The van der Waals surface area contributed by atoms with Gasteiger partial charge in [-0.1, -0.05) is 109 Å². The van der Waals surface area contributed by atoms with E-state index in [0.717, 1.165) is 55.7 Å². The fourth-order valence-electron chi connectivity index (χ4n) is 7.85. The third-order valence-electron chi connectivity index (χ3n) is 10.5. The molecule has 0 aliphatic heterocycles. The molecule has 0 aliphatic carbocycles. The molecule has 0 saturated carbocycles. The standard InChI is InChI=1S/C50H31N5S/c1-2-10-35(11-3-1)48-52-49(36-22-23-47-43(31-36)42-14-6-9-17-46(42)56-47)54-50(53-48)38-28-37(33-20-18-32(19-21-33)34-24-26-51-27-25-34)29-39(30-38)55-44-15-7-4-12-40(44)41-13-5-8-16-45(41)55/h1-31H. The van der Waals surface area contributed by atoms with Gasteiger partial charge in [0, 0.05) is 65.7 Å². The van der Waals surface area contributed by atoms with Crippen LogP contribution in [0.1, 0.15) is 0 Å². The van der Waals surface area contributed by atoms with Crippen LogP contribution in [0.2, 0.25) is 0 Å². The second-order valence-electron chi connectivity index (χ2n) is 13.9. The fraction of sp³-hybridized carbons (Fsp3) is 0. The van der Waals surface area contributed by atoms with Crippen LogP contribution in [0.25, 0.3) is 104 Å². The van der Waals surface area contributed by atoms with Crippen molar-refractivity contribution in [2.75, 3.05) is 0 Å². The number of para-hydroxylation sites is 2. The summed E-state index contributed by atoms with van der Waals surface area (Å²) in [4.78, 5) is 19.8. The van der Waals surface area contributed by atoms with Gasteiger partial charge in [-0.2, -0.15) is 0 Å². The Balaban J connectivity index is 1.15. The van der Waals surface area contributed by atoms with Gasteiger partial charge in [-0.25, -0.2) is 15.0 Å². The summed E-state index contributed by atoms with van der Waals surface area (Å²) in [5.74, 6) is 1.88. The number of hydrogen-bond donors (Lipinski definition) is 0. The minimum absolute atomic E-state index is 0.612. The average molecular weight is 734 g/mol. The summed E-state index contributed by atoms with van der Waals surface area (Å²) < 4.78 is 4.87. The first-order chi connectivity index (χ1) is 27.7. The van der Waals surface area contributed by atoms with E-state index in [4.69, 9.17) is 15.0 Å². The van der Waals surface area contributed by atoms with Gasteiger partial charge in [0.15, 0.2) is 17.5 Å². The predicted octanol–water partition coefficient (Wildman–Crippen LogP) is 13.1. The molecule has 0 aliphatic rings. The van der Waals surface area contributed by atoms with E-state index in [0.29, 0.717) is 17.5 Å². The summed E-state index contributed by atoms with van der Waals surface area (Å²) in [5, 5.41) is 4.87. The summed E-state index contributed by atoms with van der Waals surface area (Å²) >= 11 is 1.81. The molecule has 5 nitrogen and oxygen atoms in total. The zero-order valence-corrected chi connectivity index (χ0v) is 30.9. The van der Waals surface area contributed by atoms with Crippen molar-refractivity contribution in [3.8, 4) is 62.1 Å². The maximum absolute atomic E-state index is 5.27. The van der Waals surface area contributed by atoms with Gasteiger partial charge < -0.3 is 4.57 Å². The molecule has 56 heavy (non-hydrogen) atoms. The number of nitrogens with zero attached hydrogens (tertiary/aromatic N) is 5. The van der Waals surface area contributed by atoms with Gasteiger partial charge in [0.05, 0.1) is 11.0 Å². The number of hydrogen-bond acceptors (Lipinski definition) is 5. The molecule has 0 N–H and O–H groups in total. The first-order valence-electron chi connectivity index (χ1n) is 18.6. The monoisotopic (exact) mass is 733 g/mol. The maximum Gasteiger partial charge on any atom is 0.164 e. The molecule has 0 unspecified atom stereocenters. The van der Waals surface area contributed by atoms with Crippen molar-refractivity contribution < 1.29 is 0 Å². The average Bonchev–Trinajstić information content (AvgIpc) is 3.82. The third kappa shape index (κ3) is 5.54. The third-order valence-corrected chi connectivity index (χ3v) is 11.7. The van der Waals surface area contributed by atoms with Crippen molar-refractivity contribution >= 4 is 53.3 Å². The number of rotatable bonds is 6. The summed E-state index contributed by atoms with van der Waals surface area (Å²) in [6.07, 6.45) is 3.66. The highest BCUT2D eigenvalue weighted by atomic mass is 32.1. The van der Waals surface area contributed by atoms with Crippen LogP contribution in [-0.2, 0) is 0 Å². The van der Waals surface area contributed by atoms with Crippen molar-refractivity contribution in [1.82, 2.24) is 24.5 Å². The Labute approximate surface area is 326 Å². The molecule has 0 spiro atoms. The van der Waals surface area contributed by atoms with Crippen molar-refractivity contribution in [1.29, 1.82) is 0 Å². The lowest BCUT2D eigenvalue weighted by molar-refractivity contribution is 1.07. The van der Waals surface area contributed by atoms with Gasteiger partial charge in [0.1, 0.15) is 0 Å². The molecule has 6 heteroatoms. The summed E-state index contributed by atoms with van der Waals surface area (Å²) in [7, 11) is 0. The summed E-state index contributed by atoms with van der Waals surface area (Å²) in [6, 6.07) is 62.1. The molecule has 262 valence electrons. The van der Waals surface area contributed by atoms with Gasteiger partial charge >= 0.3 is 0 Å². The highest BCUT2D eigenvalue weighted by molar-refractivity contribution is 7.25. The number of thiophene rings is 1. The lowest BCUT2D eigenvalue weighted by Crippen LogP contribution is -2.02. The summed E-state index contributed by atoms with van der Waals surface area (Å²) in [6.45, 7) is 0. The topological polar surface area (TPSA) is 56.5 Å². The van der Waals surface area contributed by atoms with E-state index in [9.17, 15) is 0 Å². The highest BCUT2D eigenvalue weighted by Crippen LogP contribution is 2.38. The van der Waals surface area contributed by atoms with E-state index >= 15 is 0 Å². The van der Waals surface area contributed by atoms with E-state index in [2.05, 4.69) is 155 Å². The minimum atomic E-state index is 0.612. The molecule has 4 heterocycles. The van der Waals surface area contributed by atoms with Crippen LogP contribution in [-0.4, -0.2) is 24.5 Å². The van der Waals surface area contributed by atoms with Crippen LogP contribution in [0.4, 0.5) is 0 Å². The van der Waals surface area contributed by atoms with Crippen molar-refractivity contribution in [3.05, 3.63) is 188 Å². The molecule has 7 aromatic carbocycles. The van der Waals surface area contributed by atoms with Gasteiger partial charge in [-0.3, -0.25) is 4.98 Å². The molecule has 4 aromatic heterocycles. The largest absolute Gasteiger partial charge is 0.309 e. The number of fused-ring (bicyclic) bond motifs is 6. The minimum Gasteiger partial charge on any atom is -0.309 e. The van der Waals surface area contributed by atoms with Gasteiger partial charge in [-0.05, 0) is 89.0 Å². The molecule has 0 radical (unpaired) electrons. The first-order valence-corrected chi connectivity index (χ1v) is 19.4. The maximum atomic E-state index is 5.27. The summed E-state index contributed by atoms with van der Waals surface area (Å²) in [5.41, 5.74) is 10.5. The van der Waals surface area contributed by atoms with Crippen molar-refractivity contribution in [3.63, 3.8) is 0 Å². The van der Waals surface area contributed by atoms with Crippen LogP contribution >= 0.6 is 11.3 Å². The lowest BCUT2D eigenvalue weighted by Gasteiger charge is -2.15. The van der Waals surface area contributed by atoms with Crippen LogP contribution in [0.15, 0.2) is 188 Å². The molecule has 0 saturated heterocycles.